The maximum Gasteiger partial charge on any atom is 0.266 e. The Hall–Kier alpha value is -1.72. The molecule has 2 aromatic rings. The van der Waals surface area contributed by atoms with Gasteiger partial charge in [-0.3, -0.25) is 4.79 Å². The number of nitrogens with zero attached hydrogens (tertiary/aromatic N) is 2. The van der Waals surface area contributed by atoms with Crippen molar-refractivity contribution in [3.63, 3.8) is 0 Å². The molecule has 1 heterocycles. The SMILES string of the molecule is Cc1ccc(-c2nc(C)c(C(=O)N(CC(C)O)C(C)C)s2)c(C)c1. The van der Waals surface area contributed by atoms with E-state index in [0.717, 1.165) is 21.8 Å². The van der Waals surface area contributed by atoms with E-state index in [2.05, 4.69) is 37.0 Å². The van der Waals surface area contributed by atoms with Gasteiger partial charge < -0.3 is 10.0 Å². The summed E-state index contributed by atoms with van der Waals surface area (Å²) in [5.41, 5.74) is 4.19. The number of amides is 1. The van der Waals surface area contributed by atoms with E-state index in [1.807, 2.05) is 20.8 Å². The van der Waals surface area contributed by atoms with Crippen LogP contribution in [0.4, 0.5) is 0 Å². The van der Waals surface area contributed by atoms with Gasteiger partial charge in [0.1, 0.15) is 9.88 Å². The van der Waals surface area contributed by atoms with Crippen molar-refractivity contribution in [1.82, 2.24) is 9.88 Å². The van der Waals surface area contributed by atoms with Gasteiger partial charge in [0.05, 0.1) is 11.8 Å². The highest BCUT2D eigenvalue weighted by Gasteiger charge is 2.25. The van der Waals surface area contributed by atoms with Crippen molar-refractivity contribution in [3.8, 4) is 10.6 Å². The molecule has 2 rings (SSSR count). The summed E-state index contributed by atoms with van der Waals surface area (Å²) in [5.74, 6) is -0.0584. The first-order valence-corrected chi connectivity index (χ1v) is 9.06. The summed E-state index contributed by atoms with van der Waals surface area (Å²) in [6, 6.07) is 6.28. The zero-order chi connectivity index (χ0) is 18.0. The monoisotopic (exact) mass is 346 g/mol. The highest BCUT2D eigenvalue weighted by Crippen LogP contribution is 2.31. The Morgan fingerprint density at radius 2 is 1.92 bits per heavy atom. The molecule has 1 aromatic heterocycles. The lowest BCUT2D eigenvalue weighted by atomic mass is 10.1. The molecule has 0 aliphatic rings. The van der Waals surface area contributed by atoms with E-state index in [1.54, 1.807) is 11.8 Å². The lowest BCUT2D eigenvalue weighted by Gasteiger charge is -2.27. The predicted octanol–water partition coefficient (Wildman–Crippen LogP) is 3.97. The fourth-order valence-electron chi connectivity index (χ4n) is 2.71. The Bertz CT molecular complexity index is 735. The maximum absolute atomic E-state index is 12.9. The van der Waals surface area contributed by atoms with Crippen molar-refractivity contribution in [2.24, 2.45) is 0 Å². The van der Waals surface area contributed by atoms with Gasteiger partial charge in [-0.05, 0) is 47.1 Å². The van der Waals surface area contributed by atoms with Crippen molar-refractivity contribution in [1.29, 1.82) is 0 Å². The first kappa shape index (κ1) is 18.6. The number of benzene rings is 1. The molecule has 0 aliphatic carbocycles. The molecule has 0 radical (unpaired) electrons. The van der Waals surface area contributed by atoms with Gasteiger partial charge in [0.2, 0.25) is 0 Å². The average molecular weight is 346 g/mol. The Morgan fingerprint density at radius 3 is 2.46 bits per heavy atom. The largest absolute Gasteiger partial charge is 0.392 e. The van der Waals surface area contributed by atoms with Crippen LogP contribution in [-0.2, 0) is 0 Å². The molecule has 1 amide bonds. The fourth-order valence-corrected chi connectivity index (χ4v) is 3.82. The van der Waals surface area contributed by atoms with Gasteiger partial charge >= 0.3 is 0 Å². The van der Waals surface area contributed by atoms with Crippen molar-refractivity contribution < 1.29 is 9.90 Å². The van der Waals surface area contributed by atoms with Gasteiger partial charge in [-0.25, -0.2) is 4.98 Å². The van der Waals surface area contributed by atoms with Gasteiger partial charge in [-0.15, -0.1) is 11.3 Å². The highest BCUT2D eigenvalue weighted by molar-refractivity contribution is 7.17. The Labute approximate surface area is 148 Å². The predicted molar refractivity (Wildman–Crippen MR) is 99.6 cm³/mol. The normalized spacial score (nSPS) is 12.5. The van der Waals surface area contributed by atoms with Crippen LogP contribution in [0, 0.1) is 20.8 Å². The molecule has 1 unspecified atom stereocenters. The summed E-state index contributed by atoms with van der Waals surface area (Å²) in [6.07, 6.45) is -0.552. The molecule has 0 saturated carbocycles. The van der Waals surface area contributed by atoms with Crippen LogP contribution in [0.2, 0.25) is 0 Å². The van der Waals surface area contributed by atoms with Crippen molar-refractivity contribution in [2.45, 2.75) is 53.7 Å². The zero-order valence-electron chi connectivity index (χ0n) is 15.3. The third-order valence-electron chi connectivity index (χ3n) is 3.95. The van der Waals surface area contributed by atoms with E-state index in [9.17, 15) is 9.90 Å². The number of aliphatic hydroxyl groups excluding tert-OH is 1. The summed E-state index contributed by atoms with van der Waals surface area (Å²) in [7, 11) is 0. The van der Waals surface area contributed by atoms with Crippen LogP contribution in [0.3, 0.4) is 0 Å². The van der Waals surface area contributed by atoms with Gasteiger partial charge in [-0.2, -0.15) is 0 Å². The van der Waals surface area contributed by atoms with Crippen LogP contribution in [0.15, 0.2) is 18.2 Å². The topological polar surface area (TPSA) is 53.4 Å². The number of aromatic nitrogens is 1. The minimum atomic E-state index is -0.552. The standard InChI is InChI=1S/C19H26N2O2S/c1-11(2)21(10-14(5)22)19(23)17-15(6)20-18(24-17)16-8-7-12(3)9-13(16)4/h7-9,11,14,22H,10H2,1-6H3. The summed E-state index contributed by atoms with van der Waals surface area (Å²) < 4.78 is 0. The summed E-state index contributed by atoms with van der Waals surface area (Å²) >= 11 is 1.43. The molecule has 0 fully saturated rings. The summed E-state index contributed by atoms with van der Waals surface area (Å²) in [5, 5.41) is 10.5. The van der Waals surface area contributed by atoms with Gasteiger partial charge in [-0.1, -0.05) is 23.8 Å². The van der Waals surface area contributed by atoms with Gasteiger partial charge in [0, 0.05) is 18.2 Å². The van der Waals surface area contributed by atoms with Crippen LogP contribution < -0.4 is 0 Å². The quantitative estimate of drug-likeness (QED) is 0.891. The second kappa shape index (κ2) is 7.45. The summed E-state index contributed by atoms with van der Waals surface area (Å²) in [6.45, 7) is 11.9. The molecule has 0 saturated heterocycles. The average Bonchev–Trinajstić information content (AvgIpc) is 2.85. The third kappa shape index (κ3) is 4.02. The Kier molecular flexibility index (Phi) is 5.78. The number of hydrogen-bond donors (Lipinski definition) is 1. The molecule has 130 valence electrons. The second-order valence-electron chi connectivity index (χ2n) is 6.65. The Morgan fingerprint density at radius 1 is 1.25 bits per heavy atom. The molecule has 5 heteroatoms. The first-order valence-electron chi connectivity index (χ1n) is 8.24. The fraction of sp³-hybridized carbons (Fsp3) is 0.474. The van der Waals surface area contributed by atoms with E-state index >= 15 is 0 Å². The van der Waals surface area contributed by atoms with Crippen LogP contribution in [0.5, 0.6) is 0 Å². The number of thiazole rings is 1. The van der Waals surface area contributed by atoms with Crippen LogP contribution in [-0.4, -0.2) is 39.6 Å². The second-order valence-corrected chi connectivity index (χ2v) is 7.65. The van der Waals surface area contributed by atoms with Crippen molar-refractivity contribution in [3.05, 3.63) is 39.9 Å². The lowest BCUT2D eigenvalue weighted by Crippen LogP contribution is -2.41. The molecule has 1 aromatic carbocycles. The number of aliphatic hydroxyl groups is 1. The minimum Gasteiger partial charge on any atom is -0.392 e. The molecule has 0 spiro atoms. The van der Waals surface area contributed by atoms with Gasteiger partial charge in [0.15, 0.2) is 0 Å². The molecule has 4 nitrogen and oxygen atoms in total. The molecular weight excluding hydrogens is 320 g/mol. The zero-order valence-corrected chi connectivity index (χ0v) is 16.1. The molecular formula is C19H26N2O2S. The van der Waals surface area contributed by atoms with E-state index < -0.39 is 6.10 Å². The minimum absolute atomic E-state index is 0.0261. The van der Waals surface area contributed by atoms with Crippen LogP contribution in [0.1, 0.15) is 47.3 Å². The molecule has 1 atom stereocenters. The lowest BCUT2D eigenvalue weighted by molar-refractivity contribution is 0.0582. The summed E-state index contributed by atoms with van der Waals surface area (Å²) in [4.78, 5) is 19.9. The van der Waals surface area contributed by atoms with E-state index in [-0.39, 0.29) is 11.9 Å². The first-order chi connectivity index (χ1) is 11.2. The number of rotatable bonds is 5. The van der Waals surface area contributed by atoms with E-state index in [1.165, 1.54) is 16.9 Å². The highest BCUT2D eigenvalue weighted by atomic mass is 32.1. The number of carbonyl (C=O) groups is 1. The smallest absolute Gasteiger partial charge is 0.266 e. The van der Waals surface area contributed by atoms with Crippen LogP contribution in [0.25, 0.3) is 10.6 Å². The van der Waals surface area contributed by atoms with Crippen LogP contribution >= 0.6 is 11.3 Å². The van der Waals surface area contributed by atoms with Crippen molar-refractivity contribution in [2.75, 3.05) is 6.54 Å². The third-order valence-corrected chi connectivity index (χ3v) is 5.13. The maximum atomic E-state index is 12.9. The molecule has 24 heavy (non-hydrogen) atoms. The molecule has 0 aliphatic heterocycles. The van der Waals surface area contributed by atoms with Gasteiger partial charge in [0.25, 0.3) is 5.91 Å². The van der Waals surface area contributed by atoms with E-state index in [4.69, 9.17) is 0 Å². The number of carbonyl (C=O) groups excluding carboxylic acids is 1. The van der Waals surface area contributed by atoms with E-state index in [0.29, 0.717) is 11.4 Å². The molecule has 1 N–H and O–H groups in total. The number of hydrogen-bond acceptors (Lipinski definition) is 4. The Balaban J connectivity index is 2.38. The molecule has 0 bridgehead atoms. The number of aryl methyl sites for hydroxylation is 3. The van der Waals surface area contributed by atoms with Crippen molar-refractivity contribution >= 4 is 17.2 Å².